The molecule has 29 heavy (non-hydrogen) atoms. The maximum Gasteiger partial charge on any atom is 0.243 e. The smallest absolute Gasteiger partial charge is 0.207 e. The summed E-state index contributed by atoms with van der Waals surface area (Å²) in [6.07, 6.45) is 0. The van der Waals surface area contributed by atoms with Gasteiger partial charge in [-0.2, -0.15) is 8.61 Å². The molecule has 0 aromatic heterocycles. The third-order valence-corrected chi connectivity index (χ3v) is 10.7. The quantitative estimate of drug-likeness (QED) is 0.563. The third-order valence-electron chi connectivity index (χ3n) is 5.03. The maximum atomic E-state index is 13.1. The van der Waals surface area contributed by atoms with Crippen molar-refractivity contribution < 1.29 is 16.8 Å². The molecule has 0 spiro atoms. The highest BCUT2D eigenvalue weighted by Gasteiger charge is 2.38. The van der Waals surface area contributed by atoms with Gasteiger partial charge in [-0.05, 0) is 68.3 Å². The first-order chi connectivity index (χ1) is 13.4. The molecule has 1 atom stereocenters. The average Bonchev–Trinajstić information content (AvgIpc) is 2.65. The summed E-state index contributed by atoms with van der Waals surface area (Å²) in [5.41, 5.74) is 1.65. The van der Waals surface area contributed by atoms with Crippen molar-refractivity contribution in [2.45, 2.75) is 36.6 Å². The van der Waals surface area contributed by atoms with E-state index in [-0.39, 0.29) is 29.4 Å². The summed E-state index contributed by atoms with van der Waals surface area (Å²) in [5, 5.41) is 0. The molecule has 0 amide bonds. The molecule has 0 bridgehead atoms. The Morgan fingerprint density at radius 1 is 0.828 bits per heavy atom. The second-order valence-corrected chi connectivity index (χ2v) is 12.7. The number of piperazine rings is 1. The van der Waals surface area contributed by atoms with Crippen LogP contribution in [0.1, 0.15) is 18.1 Å². The highest BCUT2D eigenvalue weighted by atomic mass is 79.9. The molecular weight excluding hydrogens is 544 g/mol. The number of nitrogens with zero attached hydrogens (tertiary/aromatic N) is 2. The predicted octanol–water partition coefficient (Wildman–Crippen LogP) is 3.91. The number of halogens is 2. The van der Waals surface area contributed by atoms with Crippen LogP contribution in [0, 0.1) is 13.8 Å². The average molecular weight is 566 g/mol. The van der Waals surface area contributed by atoms with E-state index in [1.807, 2.05) is 13.8 Å². The van der Waals surface area contributed by atoms with Crippen molar-refractivity contribution in [1.82, 2.24) is 8.61 Å². The Bertz CT molecular complexity index is 1150. The van der Waals surface area contributed by atoms with Crippen LogP contribution in [0.5, 0.6) is 0 Å². The van der Waals surface area contributed by atoms with Crippen molar-refractivity contribution in [3.05, 3.63) is 56.5 Å². The molecule has 6 nitrogen and oxygen atoms in total. The van der Waals surface area contributed by atoms with Gasteiger partial charge >= 0.3 is 0 Å². The Morgan fingerprint density at radius 3 is 1.76 bits per heavy atom. The molecule has 10 heteroatoms. The van der Waals surface area contributed by atoms with E-state index < -0.39 is 26.1 Å². The molecule has 3 rings (SSSR count). The molecule has 1 aliphatic heterocycles. The molecule has 1 aliphatic rings. The van der Waals surface area contributed by atoms with E-state index >= 15 is 0 Å². The standard InChI is InChI=1S/C19H22Br2N2O4S2/c1-13-10-16(4-6-18(13)20)28(24,25)22-8-9-23(15(3)12-22)29(26,27)17-5-7-19(21)14(2)11-17/h4-7,10-11,15H,8-9,12H2,1-3H3/t15-/m0/s1. The van der Waals surface area contributed by atoms with Crippen LogP contribution < -0.4 is 0 Å². The Hall–Kier alpha value is -0.780. The Kier molecular flexibility index (Phi) is 6.63. The molecule has 1 fully saturated rings. The lowest BCUT2D eigenvalue weighted by molar-refractivity contribution is 0.212. The van der Waals surface area contributed by atoms with Gasteiger partial charge in [-0.15, -0.1) is 0 Å². The summed E-state index contributed by atoms with van der Waals surface area (Å²) in [4.78, 5) is 0.426. The summed E-state index contributed by atoms with van der Waals surface area (Å²) in [7, 11) is -7.41. The molecule has 0 N–H and O–H groups in total. The minimum atomic E-state index is -3.71. The van der Waals surface area contributed by atoms with Crippen LogP contribution in [-0.2, 0) is 20.0 Å². The molecule has 0 saturated carbocycles. The second-order valence-electron chi connectivity index (χ2n) is 7.15. The highest BCUT2D eigenvalue weighted by Crippen LogP contribution is 2.28. The summed E-state index contributed by atoms with van der Waals surface area (Å²) in [6.45, 7) is 5.71. The number of rotatable bonds is 4. The summed E-state index contributed by atoms with van der Waals surface area (Å²) >= 11 is 6.76. The first-order valence-electron chi connectivity index (χ1n) is 8.99. The Labute approximate surface area is 189 Å². The van der Waals surface area contributed by atoms with Crippen LogP contribution in [0.25, 0.3) is 0 Å². The van der Waals surface area contributed by atoms with E-state index in [1.54, 1.807) is 43.3 Å². The molecule has 1 heterocycles. The zero-order chi connectivity index (χ0) is 21.6. The van der Waals surface area contributed by atoms with Crippen molar-refractivity contribution in [2.75, 3.05) is 19.6 Å². The van der Waals surface area contributed by atoms with Crippen LogP contribution in [0.15, 0.2) is 55.1 Å². The summed E-state index contributed by atoms with van der Waals surface area (Å²) < 4.78 is 56.7. The minimum absolute atomic E-state index is 0.103. The monoisotopic (exact) mass is 564 g/mol. The van der Waals surface area contributed by atoms with Gasteiger partial charge in [-0.1, -0.05) is 31.9 Å². The van der Waals surface area contributed by atoms with E-state index in [4.69, 9.17) is 0 Å². The molecule has 0 radical (unpaired) electrons. The molecule has 2 aromatic rings. The lowest BCUT2D eigenvalue weighted by atomic mass is 10.2. The lowest BCUT2D eigenvalue weighted by Crippen LogP contribution is -2.55. The molecule has 0 aliphatic carbocycles. The van der Waals surface area contributed by atoms with Crippen molar-refractivity contribution in [3.63, 3.8) is 0 Å². The zero-order valence-electron chi connectivity index (χ0n) is 16.3. The molecule has 2 aromatic carbocycles. The normalized spacial score (nSPS) is 19.4. The topological polar surface area (TPSA) is 74.8 Å². The molecular formula is C19H22Br2N2O4S2. The Morgan fingerprint density at radius 2 is 1.31 bits per heavy atom. The van der Waals surface area contributed by atoms with Gasteiger partial charge in [-0.25, -0.2) is 16.8 Å². The molecule has 0 unspecified atom stereocenters. The van der Waals surface area contributed by atoms with Gasteiger partial charge in [0, 0.05) is 34.6 Å². The van der Waals surface area contributed by atoms with E-state index in [0.29, 0.717) is 0 Å². The van der Waals surface area contributed by atoms with Crippen molar-refractivity contribution >= 4 is 51.9 Å². The fraction of sp³-hybridized carbons (Fsp3) is 0.368. The minimum Gasteiger partial charge on any atom is -0.207 e. The highest BCUT2D eigenvalue weighted by molar-refractivity contribution is 9.10. The fourth-order valence-corrected chi connectivity index (χ4v) is 7.11. The second kappa shape index (κ2) is 8.39. The van der Waals surface area contributed by atoms with Crippen LogP contribution in [-0.4, -0.2) is 51.1 Å². The summed E-state index contributed by atoms with van der Waals surface area (Å²) in [5.74, 6) is 0. The number of hydrogen-bond acceptors (Lipinski definition) is 4. The Balaban J connectivity index is 1.84. The van der Waals surface area contributed by atoms with Crippen LogP contribution in [0.4, 0.5) is 0 Å². The van der Waals surface area contributed by atoms with Gasteiger partial charge in [-0.3, -0.25) is 0 Å². The van der Waals surface area contributed by atoms with Crippen molar-refractivity contribution in [3.8, 4) is 0 Å². The van der Waals surface area contributed by atoms with E-state index in [0.717, 1.165) is 20.1 Å². The SMILES string of the molecule is Cc1cc(S(=O)(=O)N2CCN(S(=O)(=O)c3ccc(Br)c(C)c3)[C@@H](C)C2)ccc1Br. The van der Waals surface area contributed by atoms with Crippen LogP contribution in [0.2, 0.25) is 0 Å². The van der Waals surface area contributed by atoms with E-state index in [2.05, 4.69) is 31.9 Å². The van der Waals surface area contributed by atoms with Crippen LogP contribution in [0.3, 0.4) is 0 Å². The maximum absolute atomic E-state index is 13.1. The fourth-order valence-electron chi connectivity index (χ4n) is 3.32. The third kappa shape index (κ3) is 4.47. The van der Waals surface area contributed by atoms with E-state index in [1.165, 1.54) is 8.61 Å². The number of benzene rings is 2. The van der Waals surface area contributed by atoms with E-state index in [9.17, 15) is 16.8 Å². The zero-order valence-corrected chi connectivity index (χ0v) is 21.1. The van der Waals surface area contributed by atoms with Crippen molar-refractivity contribution in [2.24, 2.45) is 0 Å². The van der Waals surface area contributed by atoms with Gasteiger partial charge in [0.05, 0.1) is 9.79 Å². The number of sulfonamides is 2. The van der Waals surface area contributed by atoms with Gasteiger partial charge < -0.3 is 0 Å². The number of hydrogen-bond donors (Lipinski definition) is 0. The van der Waals surface area contributed by atoms with Gasteiger partial charge in [0.15, 0.2) is 0 Å². The first-order valence-corrected chi connectivity index (χ1v) is 13.5. The predicted molar refractivity (Wildman–Crippen MR) is 120 cm³/mol. The molecule has 158 valence electrons. The first kappa shape index (κ1) is 22.9. The lowest BCUT2D eigenvalue weighted by Gasteiger charge is -2.38. The molecule has 1 saturated heterocycles. The largest absolute Gasteiger partial charge is 0.243 e. The number of aryl methyl sites for hydroxylation is 2. The van der Waals surface area contributed by atoms with Gasteiger partial charge in [0.2, 0.25) is 20.0 Å². The van der Waals surface area contributed by atoms with Crippen LogP contribution >= 0.6 is 31.9 Å². The van der Waals surface area contributed by atoms with Gasteiger partial charge in [0.25, 0.3) is 0 Å². The summed E-state index contributed by atoms with van der Waals surface area (Å²) in [6, 6.07) is 9.31. The van der Waals surface area contributed by atoms with Gasteiger partial charge in [0.1, 0.15) is 0 Å². The van der Waals surface area contributed by atoms with Crippen molar-refractivity contribution in [1.29, 1.82) is 0 Å².